The molecule has 5 saturated carbocycles. The molecule has 0 spiro atoms. The lowest BCUT2D eigenvalue weighted by Crippen LogP contribution is -2.44. The fraction of sp³-hybridized carbons (Fsp3) is 0.900. The van der Waals surface area contributed by atoms with Gasteiger partial charge in [-0.1, -0.05) is 50.7 Å². The Kier molecular flexibility index (Phi) is 7.59. The van der Waals surface area contributed by atoms with Crippen LogP contribution >= 0.6 is 0 Å². The van der Waals surface area contributed by atoms with Gasteiger partial charge in [0, 0.05) is 12.0 Å². The molecular formula is C30H49NO3. The Bertz CT molecular complexity index is 733. The second-order valence-corrected chi connectivity index (χ2v) is 12.9. The lowest BCUT2D eigenvalue weighted by molar-refractivity contribution is -0.111. The van der Waals surface area contributed by atoms with E-state index in [0.29, 0.717) is 42.4 Å². The number of fused-ring (bicyclic) bond motifs is 3. The number of carbonyl (C=O) groups excluding carboxylic acids is 1. The van der Waals surface area contributed by atoms with Crippen LogP contribution < -0.4 is 5.73 Å². The molecule has 5 fully saturated rings. The van der Waals surface area contributed by atoms with Gasteiger partial charge < -0.3 is 20.7 Å². The Morgan fingerprint density at radius 1 is 1.03 bits per heavy atom. The maximum Gasteiger partial charge on any atom is 0.137 e. The van der Waals surface area contributed by atoms with E-state index in [0.717, 1.165) is 56.6 Å². The van der Waals surface area contributed by atoms with Gasteiger partial charge in [-0.3, -0.25) is 0 Å². The van der Waals surface area contributed by atoms with Crippen LogP contribution in [0.2, 0.25) is 0 Å². The van der Waals surface area contributed by atoms with Crippen molar-refractivity contribution in [1.29, 1.82) is 0 Å². The number of hydrogen-bond acceptors (Lipinski definition) is 4. The van der Waals surface area contributed by atoms with E-state index in [-0.39, 0.29) is 30.1 Å². The van der Waals surface area contributed by atoms with Crippen molar-refractivity contribution in [2.75, 3.05) is 6.61 Å². The number of carbonyl (C=O) groups is 1. The SMILES string of the molecule is C=C1CCC2C(C3CC(C4CCCCC4)CC13)C2(C(N)C=O)C1CCCC(C(O)CCCO)C1. The quantitative estimate of drug-likeness (QED) is 0.333. The molecule has 4 nitrogen and oxygen atoms in total. The standard InChI is InChI=1S/C30H49NO3/c1-19-12-13-26-29(25-17-22(16-24(19)25)20-7-3-2-4-8-20)30(26,28(31)18-33)23-10-5-9-21(15-23)27(34)11-6-14-32/h18,20-29,32,34H,1-17,31H2. The second-order valence-electron chi connectivity index (χ2n) is 12.9. The maximum atomic E-state index is 12.3. The molecule has 34 heavy (non-hydrogen) atoms. The Morgan fingerprint density at radius 3 is 2.56 bits per heavy atom. The molecule has 0 amide bonds. The van der Waals surface area contributed by atoms with Gasteiger partial charge in [0.15, 0.2) is 0 Å². The average Bonchev–Trinajstić information content (AvgIpc) is 3.39. The Balaban J connectivity index is 1.38. The van der Waals surface area contributed by atoms with Crippen LogP contribution in [0.3, 0.4) is 0 Å². The molecule has 0 saturated heterocycles. The summed E-state index contributed by atoms with van der Waals surface area (Å²) in [6.45, 7) is 4.73. The maximum absolute atomic E-state index is 12.3. The topological polar surface area (TPSA) is 83.6 Å². The van der Waals surface area contributed by atoms with E-state index >= 15 is 0 Å². The molecule has 0 heterocycles. The number of aliphatic hydroxyl groups is 2. The minimum atomic E-state index is -0.374. The summed E-state index contributed by atoms with van der Waals surface area (Å²) in [5.41, 5.74) is 8.20. The summed E-state index contributed by atoms with van der Waals surface area (Å²) < 4.78 is 0. The van der Waals surface area contributed by atoms with Gasteiger partial charge >= 0.3 is 0 Å². The van der Waals surface area contributed by atoms with E-state index in [2.05, 4.69) is 6.58 Å². The summed E-state index contributed by atoms with van der Waals surface area (Å²) in [4.78, 5) is 12.3. The second kappa shape index (κ2) is 10.3. The molecule has 5 rings (SSSR count). The molecule has 0 aromatic rings. The molecule has 0 bridgehead atoms. The Hall–Kier alpha value is -0.710. The van der Waals surface area contributed by atoms with Gasteiger partial charge in [-0.05, 0) is 105 Å². The molecule has 4 N–H and O–H groups in total. The summed E-state index contributed by atoms with van der Waals surface area (Å²) >= 11 is 0. The normalized spacial score (nSPS) is 44.6. The van der Waals surface area contributed by atoms with Crippen LogP contribution in [0.25, 0.3) is 0 Å². The van der Waals surface area contributed by atoms with E-state index in [9.17, 15) is 15.0 Å². The Morgan fingerprint density at radius 2 is 1.82 bits per heavy atom. The molecule has 5 aliphatic carbocycles. The van der Waals surface area contributed by atoms with Crippen LogP contribution in [0.4, 0.5) is 0 Å². The molecule has 4 heteroatoms. The molecule has 0 aromatic carbocycles. The zero-order valence-electron chi connectivity index (χ0n) is 21.3. The highest BCUT2D eigenvalue weighted by molar-refractivity contribution is 5.61. The van der Waals surface area contributed by atoms with Crippen LogP contribution in [0.1, 0.15) is 96.3 Å². The van der Waals surface area contributed by atoms with Crippen molar-refractivity contribution < 1.29 is 15.0 Å². The van der Waals surface area contributed by atoms with E-state index in [1.807, 2.05) is 0 Å². The van der Waals surface area contributed by atoms with Crippen molar-refractivity contribution in [3.05, 3.63) is 12.2 Å². The van der Waals surface area contributed by atoms with Gasteiger partial charge in [0.25, 0.3) is 0 Å². The van der Waals surface area contributed by atoms with Gasteiger partial charge in [0.1, 0.15) is 6.29 Å². The zero-order valence-corrected chi connectivity index (χ0v) is 21.3. The monoisotopic (exact) mass is 471 g/mol. The lowest BCUT2D eigenvalue weighted by Gasteiger charge is -2.41. The number of hydrogen-bond donors (Lipinski definition) is 3. The predicted octanol–water partition coefficient (Wildman–Crippen LogP) is 5.26. The number of aliphatic hydroxyl groups excluding tert-OH is 2. The minimum Gasteiger partial charge on any atom is -0.396 e. The third-order valence-corrected chi connectivity index (χ3v) is 11.6. The van der Waals surface area contributed by atoms with Gasteiger partial charge in [0.05, 0.1) is 12.1 Å². The molecule has 192 valence electrons. The van der Waals surface area contributed by atoms with Crippen molar-refractivity contribution in [3.8, 4) is 0 Å². The van der Waals surface area contributed by atoms with Crippen LogP contribution in [-0.4, -0.2) is 35.3 Å². The highest BCUT2D eigenvalue weighted by atomic mass is 16.3. The molecule has 10 atom stereocenters. The zero-order chi connectivity index (χ0) is 23.9. The molecule has 0 aliphatic heterocycles. The summed E-state index contributed by atoms with van der Waals surface area (Å²) in [6.07, 6.45) is 18.4. The van der Waals surface area contributed by atoms with Crippen molar-refractivity contribution in [2.24, 2.45) is 58.5 Å². The van der Waals surface area contributed by atoms with Crippen molar-refractivity contribution in [2.45, 2.75) is 108 Å². The predicted molar refractivity (Wildman–Crippen MR) is 136 cm³/mol. The fourth-order valence-corrected chi connectivity index (χ4v) is 10.1. The van der Waals surface area contributed by atoms with E-state index in [4.69, 9.17) is 5.73 Å². The molecule has 0 radical (unpaired) electrons. The smallest absolute Gasteiger partial charge is 0.137 e. The van der Waals surface area contributed by atoms with Crippen LogP contribution in [0.15, 0.2) is 12.2 Å². The first-order valence-corrected chi connectivity index (χ1v) is 14.7. The van der Waals surface area contributed by atoms with Gasteiger partial charge in [-0.15, -0.1) is 0 Å². The minimum absolute atomic E-state index is 0.0534. The first-order valence-electron chi connectivity index (χ1n) is 14.7. The summed E-state index contributed by atoms with van der Waals surface area (Å²) in [6, 6.07) is -0.374. The van der Waals surface area contributed by atoms with Crippen LogP contribution in [0.5, 0.6) is 0 Å². The number of rotatable bonds is 8. The molecule has 5 aliphatic rings. The third-order valence-electron chi connectivity index (χ3n) is 11.6. The van der Waals surface area contributed by atoms with E-state index in [1.54, 1.807) is 0 Å². The molecular weight excluding hydrogens is 422 g/mol. The fourth-order valence-electron chi connectivity index (χ4n) is 10.1. The highest BCUT2D eigenvalue weighted by Gasteiger charge is 2.73. The van der Waals surface area contributed by atoms with E-state index < -0.39 is 0 Å². The summed E-state index contributed by atoms with van der Waals surface area (Å²) in [5.74, 6) is 4.92. The van der Waals surface area contributed by atoms with Crippen LogP contribution in [0, 0.1) is 52.8 Å². The number of aldehydes is 1. The summed E-state index contributed by atoms with van der Waals surface area (Å²) in [5, 5.41) is 20.1. The van der Waals surface area contributed by atoms with Crippen LogP contribution in [-0.2, 0) is 4.79 Å². The first kappa shape index (κ1) is 25.0. The van der Waals surface area contributed by atoms with Gasteiger partial charge in [0.2, 0.25) is 0 Å². The number of nitrogens with two attached hydrogens (primary N) is 1. The Labute approximate surface area is 207 Å². The molecule has 10 unspecified atom stereocenters. The highest BCUT2D eigenvalue weighted by Crippen LogP contribution is 2.76. The third kappa shape index (κ3) is 4.24. The first-order chi connectivity index (χ1) is 16.5. The largest absolute Gasteiger partial charge is 0.396 e. The van der Waals surface area contributed by atoms with E-state index in [1.165, 1.54) is 50.5 Å². The van der Waals surface area contributed by atoms with Gasteiger partial charge in [-0.25, -0.2) is 0 Å². The average molecular weight is 472 g/mol. The van der Waals surface area contributed by atoms with Gasteiger partial charge in [-0.2, -0.15) is 0 Å². The lowest BCUT2D eigenvalue weighted by atomic mass is 9.65. The summed E-state index contributed by atoms with van der Waals surface area (Å²) in [7, 11) is 0. The molecule has 0 aromatic heterocycles. The van der Waals surface area contributed by atoms with Crippen molar-refractivity contribution in [1.82, 2.24) is 0 Å². The number of allylic oxidation sites excluding steroid dienone is 1. The van der Waals surface area contributed by atoms with Crippen molar-refractivity contribution >= 4 is 6.29 Å². The van der Waals surface area contributed by atoms with Crippen molar-refractivity contribution in [3.63, 3.8) is 0 Å².